The average molecular weight is 257 g/mol. The van der Waals surface area contributed by atoms with Crippen molar-refractivity contribution in [2.75, 3.05) is 11.9 Å². The fourth-order valence-electron chi connectivity index (χ4n) is 2.44. The second-order valence-electron chi connectivity index (χ2n) is 4.87. The number of anilines is 1. The van der Waals surface area contributed by atoms with Gasteiger partial charge in [-0.1, -0.05) is 24.3 Å². The first-order valence-corrected chi connectivity index (χ1v) is 6.42. The molecule has 2 aromatic carbocycles. The van der Waals surface area contributed by atoms with Crippen molar-refractivity contribution in [1.82, 2.24) is 0 Å². The van der Waals surface area contributed by atoms with E-state index in [-0.39, 0.29) is 11.9 Å². The summed E-state index contributed by atoms with van der Waals surface area (Å²) in [7, 11) is 0. The van der Waals surface area contributed by atoms with Crippen LogP contribution in [0.2, 0.25) is 0 Å². The Morgan fingerprint density at radius 1 is 1.21 bits per heavy atom. The number of halogens is 1. The van der Waals surface area contributed by atoms with Gasteiger partial charge in [0.15, 0.2) is 0 Å². The molecule has 0 saturated carbocycles. The van der Waals surface area contributed by atoms with Gasteiger partial charge in [0, 0.05) is 5.69 Å². The molecule has 0 radical (unpaired) electrons. The Balaban J connectivity index is 1.86. The van der Waals surface area contributed by atoms with Crippen LogP contribution in [0.25, 0.3) is 0 Å². The van der Waals surface area contributed by atoms with E-state index >= 15 is 0 Å². The van der Waals surface area contributed by atoms with Crippen LogP contribution in [0.5, 0.6) is 0 Å². The molecule has 98 valence electrons. The minimum atomic E-state index is -0.175. The minimum Gasteiger partial charge on any atom is -0.376 e. The number of nitrogens with one attached hydrogen (secondary N) is 1. The SMILES string of the molecule is Cc1cc(NC2COCc3ccccc32)ccc1F. The van der Waals surface area contributed by atoms with Crippen LogP contribution in [-0.2, 0) is 11.3 Å². The Labute approximate surface area is 112 Å². The first-order valence-electron chi connectivity index (χ1n) is 6.42. The van der Waals surface area contributed by atoms with Crippen LogP contribution < -0.4 is 5.32 Å². The Bertz CT molecular complexity index is 597. The highest BCUT2D eigenvalue weighted by molar-refractivity contribution is 5.49. The highest BCUT2D eigenvalue weighted by atomic mass is 19.1. The Morgan fingerprint density at radius 3 is 2.89 bits per heavy atom. The molecule has 0 spiro atoms. The van der Waals surface area contributed by atoms with Gasteiger partial charge in [0.05, 0.1) is 19.3 Å². The van der Waals surface area contributed by atoms with E-state index in [0.29, 0.717) is 18.8 Å². The molecule has 3 rings (SSSR count). The molecule has 1 aliphatic heterocycles. The van der Waals surface area contributed by atoms with Crippen molar-refractivity contribution >= 4 is 5.69 Å². The van der Waals surface area contributed by atoms with Crippen LogP contribution in [0.3, 0.4) is 0 Å². The number of hydrogen-bond acceptors (Lipinski definition) is 2. The smallest absolute Gasteiger partial charge is 0.126 e. The first kappa shape index (κ1) is 12.2. The maximum Gasteiger partial charge on any atom is 0.126 e. The van der Waals surface area contributed by atoms with Crippen molar-refractivity contribution in [1.29, 1.82) is 0 Å². The normalized spacial score (nSPS) is 17.9. The van der Waals surface area contributed by atoms with Gasteiger partial charge >= 0.3 is 0 Å². The summed E-state index contributed by atoms with van der Waals surface area (Å²) < 4.78 is 18.9. The molecule has 1 unspecified atom stereocenters. The summed E-state index contributed by atoms with van der Waals surface area (Å²) in [6, 6.07) is 13.5. The van der Waals surface area contributed by atoms with Gasteiger partial charge in [0.1, 0.15) is 5.82 Å². The molecule has 2 aromatic rings. The number of hydrogen-bond donors (Lipinski definition) is 1. The van der Waals surface area contributed by atoms with E-state index in [2.05, 4.69) is 17.4 Å². The molecule has 1 atom stereocenters. The minimum absolute atomic E-state index is 0.120. The molecule has 3 heteroatoms. The maximum absolute atomic E-state index is 13.3. The standard InChI is InChI=1S/C16H16FNO/c1-11-8-13(6-7-15(11)17)18-16-10-19-9-12-4-2-3-5-14(12)16/h2-8,16,18H,9-10H2,1H3. The fourth-order valence-corrected chi connectivity index (χ4v) is 2.44. The summed E-state index contributed by atoms with van der Waals surface area (Å²) in [5.41, 5.74) is 4.04. The van der Waals surface area contributed by atoms with Crippen molar-refractivity contribution in [3.63, 3.8) is 0 Å². The number of rotatable bonds is 2. The van der Waals surface area contributed by atoms with Gasteiger partial charge < -0.3 is 10.1 Å². The molecule has 0 saturated heterocycles. The molecule has 1 heterocycles. The lowest BCUT2D eigenvalue weighted by Crippen LogP contribution is -2.23. The van der Waals surface area contributed by atoms with E-state index in [1.165, 1.54) is 17.2 Å². The third kappa shape index (κ3) is 2.47. The van der Waals surface area contributed by atoms with E-state index in [0.717, 1.165) is 5.69 Å². The Morgan fingerprint density at radius 2 is 2.05 bits per heavy atom. The summed E-state index contributed by atoms with van der Waals surface area (Å²) in [6.45, 7) is 3.07. The number of aryl methyl sites for hydroxylation is 1. The van der Waals surface area contributed by atoms with Crippen LogP contribution in [-0.4, -0.2) is 6.61 Å². The number of benzene rings is 2. The molecule has 0 bridgehead atoms. The first-order chi connectivity index (χ1) is 9.24. The Kier molecular flexibility index (Phi) is 3.22. The lowest BCUT2D eigenvalue weighted by atomic mass is 9.99. The van der Waals surface area contributed by atoms with Gasteiger partial charge in [-0.05, 0) is 41.8 Å². The molecule has 0 aromatic heterocycles. The van der Waals surface area contributed by atoms with E-state index in [4.69, 9.17) is 4.74 Å². The molecular formula is C16H16FNO. The second kappa shape index (κ2) is 5.02. The molecule has 19 heavy (non-hydrogen) atoms. The van der Waals surface area contributed by atoms with Crippen LogP contribution in [0.4, 0.5) is 10.1 Å². The van der Waals surface area contributed by atoms with Gasteiger partial charge in [0.2, 0.25) is 0 Å². The third-order valence-electron chi connectivity index (χ3n) is 3.47. The van der Waals surface area contributed by atoms with Crippen LogP contribution in [0.1, 0.15) is 22.7 Å². The van der Waals surface area contributed by atoms with E-state index in [1.807, 2.05) is 18.2 Å². The molecule has 0 amide bonds. The largest absolute Gasteiger partial charge is 0.376 e. The van der Waals surface area contributed by atoms with Crippen LogP contribution in [0.15, 0.2) is 42.5 Å². The quantitative estimate of drug-likeness (QED) is 0.883. The van der Waals surface area contributed by atoms with Gasteiger partial charge in [-0.3, -0.25) is 0 Å². The van der Waals surface area contributed by atoms with Crippen LogP contribution in [0, 0.1) is 12.7 Å². The van der Waals surface area contributed by atoms with E-state index < -0.39 is 0 Å². The van der Waals surface area contributed by atoms with E-state index in [1.54, 1.807) is 13.0 Å². The number of ether oxygens (including phenoxy) is 1. The van der Waals surface area contributed by atoms with Gasteiger partial charge in [-0.2, -0.15) is 0 Å². The zero-order chi connectivity index (χ0) is 13.2. The number of fused-ring (bicyclic) bond motifs is 1. The predicted octanol–water partition coefficient (Wildman–Crippen LogP) is 3.82. The topological polar surface area (TPSA) is 21.3 Å². The molecular weight excluding hydrogens is 241 g/mol. The fraction of sp³-hybridized carbons (Fsp3) is 0.250. The molecule has 2 nitrogen and oxygen atoms in total. The third-order valence-corrected chi connectivity index (χ3v) is 3.47. The molecule has 1 N–H and O–H groups in total. The predicted molar refractivity (Wildman–Crippen MR) is 73.6 cm³/mol. The molecule has 1 aliphatic rings. The average Bonchev–Trinajstić information content (AvgIpc) is 2.43. The van der Waals surface area contributed by atoms with Crippen molar-refractivity contribution in [3.05, 3.63) is 65.0 Å². The van der Waals surface area contributed by atoms with Crippen LogP contribution >= 0.6 is 0 Å². The van der Waals surface area contributed by atoms with Gasteiger partial charge in [-0.15, -0.1) is 0 Å². The van der Waals surface area contributed by atoms with Crippen molar-refractivity contribution in [2.24, 2.45) is 0 Å². The molecule has 0 fully saturated rings. The summed E-state index contributed by atoms with van der Waals surface area (Å²) in [5, 5.41) is 3.41. The monoisotopic (exact) mass is 257 g/mol. The van der Waals surface area contributed by atoms with E-state index in [9.17, 15) is 4.39 Å². The highest BCUT2D eigenvalue weighted by Crippen LogP contribution is 2.28. The van der Waals surface area contributed by atoms with Gasteiger partial charge in [-0.25, -0.2) is 4.39 Å². The van der Waals surface area contributed by atoms with Crippen molar-refractivity contribution in [3.8, 4) is 0 Å². The highest BCUT2D eigenvalue weighted by Gasteiger charge is 2.20. The molecule has 0 aliphatic carbocycles. The Hall–Kier alpha value is -1.87. The lowest BCUT2D eigenvalue weighted by Gasteiger charge is -2.27. The van der Waals surface area contributed by atoms with Crippen molar-refractivity contribution in [2.45, 2.75) is 19.6 Å². The summed E-state index contributed by atoms with van der Waals surface area (Å²) in [6.07, 6.45) is 0. The van der Waals surface area contributed by atoms with Crippen molar-refractivity contribution < 1.29 is 9.13 Å². The zero-order valence-electron chi connectivity index (χ0n) is 10.8. The maximum atomic E-state index is 13.3. The van der Waals surface area contributed by atoms with Gasteiger partial charge in [0.25, 0.3) is 0 Å². The summed E-state index contributed by atoms with van der Waals surface area (Å²) in [5.74, 6) is -0.175. The second-order valence-corrected chi connectivity index (χ2v) is 4.87. The zero-order valence-corrected chi connectivity index (χ0v) is 10.8. The summed E-state index contributed by atoms with van der Waals surface area (Å²) >= 11 is 0. The lowest BCUT2D eigenvalue weighted by molar-refractivity contribution is 0.0970. The summed E-state index contributed by atoms with van der Waals surface area (Å²) in [4.78, 5) is 0.